The van der Waals surface area contributed by atoms with Crippen molar-refractivity contribution >= 4 is 56.6 Å². The lowest BCUT2D eigenvalue weighted by molar-refractivity contribution is 0.0696. The number of hydrogen-bond acceptors (Lipinski definition) is 4. The molecule has 0 saturated heterocycles. The van der Waals surface area contributed by atoms with Crippen molar-refractivity contribution in [3.05, 3.63) is 139 Å². The molecule has 42 heavy (non-hydrogen) atoms. The number of carboxylic acid groups (broad SMARTS) is 1. The van der Waals surface area contributed by atoms with Gasteiger partial charge in [-0.05, 0) is 123 Å². The molecule has 0 fully saturated rings. The largest absolute Gasteiger partial charge is 0.487 e. The number of hydrazone groups is 1. The van der Waals surface area contributed by atoms with E-state index in [9.17, 15) is 9.59 Å². The van der Waals surface area contributed by atoms with Gasteiger partial charge in [0.15, 0.2) is 0 Å². The third-order valence-corrected chi connectivity index (χ3v) is 7.91. The summed E-state index contributed by atoms with van der Waals surface area (Å²) in [5.41, 5.74) is 9.22. The van der Waals surface area contributed by atoms with Crippen LogP contribution in [0.2, 0.25) is 0 Å². The van der Waals surface area contributed by atoms with E-state index in [1.54, 1.807) is 42.6 Å². The minimum Gasteiger partial charge on any atom is -0.487 e. The van der Waals surface area contributed by atoms with Gasteiger partial charge in [-0.2, -0.15) is 5.10 Å². The predicted octanol–water partition coefficient (Wildman–Crippen LogP) is 7.86. The maximum atomic E-state index is 12.8. The molecule has 0 unspecified atom stereocenters. The second-order valence-corrected chi connectivity index (χ2v) is 11.4. The summed E-state index contributed by atoms with van der Waals surface area (Å²) in [6.07, 6.45) is 1.57. The van der Waals surface area contributed by atoms with Crippen molar-refractivity contribution in [3.63, 3.8) is 0 Å². The highest BCUT2D eigenvalue weighted by Crippen LogP contribution is 2.32. The highest BCUT2D eigenvalue weighted by Gasteiger charge is 2.12. The van der Waals surface area contributed by atoms with Crippen LogP contribution in [0.5, 0.6) is 5.75 Å². The number of aromatic nitrogens is 1. The number of amides is 1. The molecule has 7 nitrogen and oxygen atoms in total. The van der Waals surface area contributed by atoms with Crippen molar-refractivity contribution in [2.75, 3.05) is 0 Å². The number of ether oxygens (including phenoxy) is 1. The number of aryl methyl sites for hydroxylation is 1. The number of carbonyl (C=O) groups excluding carboxylic acids is 1. The van der Waals surface area contributed by atoms with E-state index in [-0.39, 0.29) is 18.1 Å². The van der Waals surface area contributed by atoms with E-state index in [2.05, 4.69) is 84.8 Å². The van der Waals surface area contributed by atoms with E-state index >= 15 is 0 Å². The zero-order chi connectivity index (χ0) is 29.6. The molecule has 4 aromatic carbocycles. The normalized spacial score (nSPS) is 11.0. The predicted molar refractivity (Wildman–Crippen MR) is 176 cm³/mol. The maximum Gasteiger partial charge on any atom is 0.335 e. The standard InChI is InChI=1S/C33H25BrIN3O4/c1-21-7-16-30(24-5-3-2-4-6-24)38(21)27-14-12-25(13-15-27)32(39)37-36-19-23-17-28(34)31(29(35)18-23)42-20-22-8-10-26(11-9-22)33(40)41/h2-19H,20H2,1H3,(H,37,39)(H,40,41)/b36-19+. The van der Waals surface area contributed by atoms with Crippen molar-refractivity contribution in [2.24, 2.45) is 5.10 Å². The van der Waals surface area contributed by atoms with Crippen LogP contribution in [0.25, 0.3) is 16.9 Å². The van der Waals surface area contributed by atoms with Gasteiger partial charge >= 0.3 is 5.97 Å². The molecule has 0 atom stereocenters. The first kappa shape index (κ1) is 29.3. The molecule has 1 amide bonds. The maximum absolute atomic E-state index is 12.8. The number of rotatable bonds is 9. The molecule has 0 aliphatic heterocycles. The van der Waals surface area contributed by atoms with Crippen molar-refractivity contribution in [1.82, 2.24) is 9.99 Å². The Morgan fingerprint density at radius 2 is 1.64 bits per heavy atom. The average Bonchev–Trinajstić information content (AvgIpc) is 3.38. The second kappa shape index (κ2) is 13.2. The first-order valence-electron chi connectivity index (χ1n) is 12.9. The van der Waals surface area contributed by atoms with Gasteiger partial charge in [0.25, 0.3) is 5.91 Å². The Hall–Kier alpha value is -4.22. The Kier molecular flexibility index (Phi) is 9.19. The van der Waals surface area contributed by atoms with Crippen LogP contribution in [0.15, 0.2) is 113 Å². The Bertz CT molecular complexity index is 1740. The van der Waals surface area contributed by atoms with Crippen LogP contribution in [0.3, 0.4) is 0 Å². The van der Waals surface area contributed by atoms with Crippen molar-refractivity contribution in [1.29, 1.82) is 0 Å². The number of nitrogens with one attached hydrogen (secondary N) is 1. The summed E-state index contributed by atoms with van der Waals surface area (Å²) in [6.45, 7) is 2.34. The van der Waals surface area contributed by atoms with E-state index in [4.69, 9.17) is 9.84 Å². The summed E-state index contributed by atoms with van der Waals surface area (Å²) in [4.78, 5) is 23.8. The molecule has 0 saturated carbocycles. The highest BCUT2D eigenvalue weighted by molar-refractivity contribution is 14.1. The molecule has 1 heterocycles. The molecule has 0 spiro atoms. The van der Waals surface area contributed by atoms with Gasteiger partial charge in [0.2, 0.25) is 0 Å². The van der Waals surface area contributed by atoms with Gasteiger partial charge in [-0.3, -0.25) is 4.79 Å². The quantitative estimate of drug-likeness (QED) is 0.0917. The Morgan fingerprint density at radius 1 is 0.952 bits per heavy atom. The molecule has 210 valence electrons. The Morgan fingerprint density at radius 3 is 2.31 bits per heavy atom. The van der Waals surface area contributed by atoms with Crippen LogP contribution in [-0.2, 0) is 6.61 Å². The summed E-state index contributed by atoms with van der Waals surface area (Å²) in [5, 5.41) is 13.2. The van der Waals surface area contributed by atoms with Crippen molar-refractivity contribution in [2.45, 2.75) is 13.5 Å². The number of carbonyl (C=O) groups is 2. The van der Waals surface area contributed by atoms with E-state index < -0.39 is 5.97 Å². The second-order valence-electron chi connectivity index (χ2n) is 9.41. The van der Waals surface area contributed by atoms with Gasteiger partial charge < -0.3 is 14.4 Å². The average molecular weight is 734 g/mol. The van der Waals surface area contributed by atoms with Crippen LogP contribution in [-0.4, -0.2) is 27.8 Å². The number of carboxylic acids is 1. The fourth-order valence-electron chi connectivity index (χ4n) is 4.40. The monoisotopic (exact) mass is 733 g/mol. The molecule has 0 aliphatic carbocycles. The van der Waals surface area contributed by atoms with Gasteiger partial charge in [-0.15, -0.1) is 0 Å². The number of hydrogen-bond donors (Lipinski definition) is 2. The van der Waals surface area contributed by atoms with Crippen LogP contribution in [0.4, 0.5) is 0 Å². The molecule has 9 heteroatoms. The molecular weight excluding hydrogens is 709 g/mol. The summed E-state index contributed by atoms with van der Waals surface area (Å²) < 4.78 is 9.71. The number of benzene rings is 4. The zero-order valence-corrected chi connectivity index (χ0v) is 26.2. The van der Waals surface area contributed by atoms with E-state index in [0.717, 1.165) is 41.8 Å². The highest BCUT2D eigenvalue weighted by atomic mass is 127. The molecule has 2 N–H and O–H groups in total. The van der Waals surface area contributed by atoms with Gasteiger partial charge in [-0.25, -0.2) is 10.2 Å². The minimum absolute atomic E-state index is 0.228. The fourth-order valence-corrected chi connectivity index (χ4v) is 6.17. The number of nitrogens with zero attached hydrogens (tertiary/aromatic N) is 2. The molecule has 1 aromatic heterocycles. The summed E-state index contributed by atoms with van der Waals surface area (Å²) in [7, 11) is 0. The van der Waals surface area contributed by atoms with E-state index in [1.807, 2.05) is 42.5 Å². The van der Waals surface area contributed by atoms with Crippen LogP contribution in [0.1, 0.15) is 37.5 Å². The summed E-state index contributed by atoms with van der Waals surface area (Å²) >= 11 is 5.72. The number of halogens is 2. The molecule has 0 bridgehead atoms. The lowest BCUT2D eigenvalue weighted by atomic mass is 10.1. The first-order valence-corrected chi connectivity index (χ1v) is 14.8. The lowest BCUT2D eigenvalue weighted by Gasteiger charge is -2.13. The summed E-state index contributed by atoms with van der Waals surface area (Å²) in [6, 6.07) is 32.1. The smallest absolute Gasteiger partial charge is 0.335 e. The van der Waals surface area contributed by atoms with E-state index in [0.29, 0.717) is 11.3 Å². The molecule has 5 aromatic rings. The van der Waals surface area contributed by atoms with Gasteiger partial charge in [-0.1, -0.05) is 42.5 Å². The number of aromatic carboxylic acids is 1. The molecule has 0 radical (unpaired) electrons. The van der Waals surface area contributed by atoms with Gasteiger partial charge in [0.1, 0.15) is 12.4 Å². The molecule has 5 rings (SSSR count). The third kappa shape index (κ3) is 6.80. The lowest BCUT2D eigenvalue weighted by Crippen LogP contribution is -2.17. The minimum atomic E-state index is -0.966. The van der Waals surface area contributed by atoms with Crippen molar-refractivity contribution < 1.29 is 19.4 Å². The van der Waals surface area contributed by atoms with Crippen LogP contribution in [0, 0.1) is 10.5 Å². The van der Waals surface area contributed by atoms with Crippen molar-refractivity contribution in [3.8, 4) is 22.7 Å². The third-order valence-electron chi connectivity index (χ3n) is 6.52. The molecule has 0 aliphatic rings. The Labute approximate surface area is 265 Å². The SMILES string of the molecule is Cc1ccc(-c2ccccc2)n1-c1ccc(C(=O)N/N=C/c2cc(Br)c(OCc3ccc(C(=O)O)cc3)c(I)c2)cc1. The van der Waals surface area contributed by atoms with Crippen LogP contribution < -0.4 is 10.2 Å². The van der Waals surface area contributed by atoms with Crippen LogP contribution >= 0.6 is 38.5 Å². The van der Waals surface area contributed by atoms with E-state index in [1.165, 1.54) is 0 Å². The zero-order valence-electron chi connectivity index (χ0n) is 22.4. The van der Waals surface area contributed by atoms with Gasteiger partial charge in [0.05, 0.1) is 25.5 Å². The molecular formula is C33H25BrIN3O4. The summed E-state index contributed by atoms with van der Waals surface area (Å²) in [5.74, 6) is -0.618. The first-order chi connectivity index (χ1) is 20.3. The Balaban J connectivity index is 1.21. The fraction of sp³-hybridized carbons (Fsp3) is 0.0606. The topological polar surface area (TPSA) is 92.9 Å². The van der Waals surface area contributed by atoms with Gasteiger partial charge in [0, 0.05) is 16.9 Å².